The lowest BCUT2D eigenvalue weighted by Crippen LogP contribution is -2.16. The highest BCUT2D eigenvalue weighted by molar-refractivity contribution is 7.81. The monoisotopic (exact) mass is 272 g/mol. The molecule has 1 aromatic rings. The molecular formula is C12H16O5S. The Hall–Kier alpha value is -1.56. The molecule has 0 spiro atoms. The SMILES string of the molecule is COc1cc(OC)c(OC)cc1CC(S)C(=O)O. The van der Waals surface area contributed by atoms with Crippen LogP contribution in [0.2, 0.25) is 0 Å². The molecule has 0 radical (unpaired) electrons. The van der Waals surface area contributed by atoms with Crippen LogP contribution in [-0.4, -0.2) is 37.7 Å². The molecule has 1 unspecified atom stereocenters. The van der Waals surface area contributed by atoms with Crippen LogP contribution in [-0.2, 0) is 11.2 Å². The molecule has 1 N–H and O–H groups in total. The second-order valence-electron chi connectivity index (χ2n) is 3.58. The molecule has 0 bridgehead atoms. The van der Waals surface area contributed by atoms with Crippen LogP contribution in [0.1, 0.15) is 5.56 Å². The summed E-state index contributed by atoms with van der Waals surface area (Å²) >= 11 is 4.01. The molecule has 0 fully saturated rings. The van der Waals surface area contributed by atoms with Crippen molar-refractivity contribution in [3.63, 3.8) is 0 Å². The molecule has 100 valence electrons. The Kier molecular flexibility index (Phi) is 5.15. The van der Waals surface area contributed by atoms with Gasteiger partial charge in [0.05, 0.1) is 21.3 Å². The van der Waals surface area contributed by atoms with Gasteiger partial charge in [-0.1, -0.05) is 0 Å². The Bertz CT molecular complexity index is 433. The number of methoxy groups -OCH3 is 3. The molecule has 0 heterocycles. The predicted molar refractivity (Wildman–Crippen MR) is 70.2 cm³/mol. The molecule has 6 heteroatoms. The maximum absolute atomic E-state index is 10.8. The molecule has 0 saturated heterocycles. The highest BCUT2D eigenvalue weighted by atomic mass is 32.1. The number of hydrogen-bond acceptors (Lipinski definition) is 5. The highest BCUT2D eigenvalue weighted by Gasteiger charge is 2.18. The van der Waals surface area contributed by atoms with Gasteiger partial charge in [-0.15, -0.1) is 0 Å². The first-order valence-corrected chi connectivity index (χ1v) is 5.74. The second-order valence-corrected chi connectivity index (χ2v) is 4.20. The van der Waals surface area contributed by atoms with Gasteiger partial charge in [-0.05, 0) is 18.1 Å². The number of carbonyl (C=O) groups is 1. The van der Waals surface area contributed by atoms with Crippen molar-refractivity contribution in [3.05, 3.63) is 17.7 Å². The number of benzene rings is 1. The third-order valence-corrected chi connectivity index (χ3v) is 2.89. The number of hydrogen-bond donors (Lipinski definition) is 2. The van der Waals surface area contributed by atoms with Crippen molar-refractivity contribution in [1.29, 1.82) is 0 Å². The summed E-state index contributed by atoms with van der Waals surface area (Å²) in [5.41, 5.74) is 0.706. The number of rotatable bonds is 6. The van der Waals surface area contributed by atoms with Gasteiger partial charge < -0.3 is 19.3 Å². The van der Waals surface area contributed by atoms with Gasteiger partial charge in [-0.25, -0.2) is 0 Å². The zero-order chi connectivity index (χ0) is 13.7. The van der Waals surface area contributed by atoms with Crippen molar-refractivity contribution in [3.8, 4) is 17.2 Å². The van der Waals surface area contributed by atoms with Crippen LogP contribution in [0.3, 0.4) is 0 Å². The van der Waals surface area contributed by atoms with E-state index >= 15 is 0 Å². The fraction of sp³-hybridized carbons (Fsp3) is 0.417. The van der Waals surface area contributed by atoms with Crippen molar-refractivity contribution in [2.75, 3.05) is 21.3 Å². The molecular weight excluding hydrogens is 256 g/mol. The van der Waals surface area contributed by atoms with Crippen LogP contribution in [0.4, 0.5) is 0 Å². The van der Waals surface area contributed by atoms with Crippen molar-refractivity contribution in [2.24, 2.45) is 0 Å². The number of carboxylic acid groups (broad SMARTS) is 1. The van der Waals surface area contributed by atoms with Crippen LogP contribution < -0.4 is 14.2 Å². The molecule has 0 aromatic heterocycles. The first kappa shape index (κ1) is 14.5. The van der Waals surface area contributed by atoms with Gasteiger partial charge in [0.1, 0.15) is 11.0 Å². The van der Waals surface area contributed by atoms with E-state index in [1.807, 2.05) is 0 Å². The third-order valence-electron chi connectivity index (χ3n) is 2.48. The van der Waals surface area contributed by atoms with Gasteiger partial charge in [0.25, 0.3) is 0 Å². The van der Waals surface area contributed by atoms with Crippen molar-refractivity contribution in [2.45, 2.75) is 11.7 Å². The van der Waals surface area contributed by atoms with Gasteiger partial charge in [-0.3, -0.25) is 4.79 Å². The molecule has 1 rings (SSSR count). The van der Waals surface area contributed by atoms with E-state index in [0.29, 0.717) is 22.8 Å². The largest absolute Gasteiger partial charge is 0.496 e. The Morgan fingerprint density at radius 2 is 1.67 bits per heavy atom. The quantitative estimate of drug-likeness (QED) is 0.771. The summed E-state index contributed by atoms with van der Waals surface area (Å²) in [5.74, 6) is 0.631. The molecule has 0 amide bonds. The van der Waals surface area contributed by atoms with Gasteiger partial charge in [0, 0.05) is 6.07 Å². The van der Waals surface area contributed by atoms with E-state index in [9.17, 15) is 4.79 Å². The van der Waals surface area contributed by atoms with Gasteiger partial charge in [0.15, 0.2) is 11.5 Å². The molecule has 0 aliphatic heterocycles. The minimum absolute atomic E-state index is 0.238. The molecule has 0 aliphatic rings. The summed E-state index contributed by atoms with van der Waals surface area (Å²) in [7, 11) is 4.55. The summed E-state index contributed by atoms with van der Waals surface area (Å²) in [5, 5.41) is 8.07. The zero-order valence-corrected chi connectivity index (χ0v) is 11.4. The van der Waals surface area contributed by atoms with E-state index in [1.54, 1.807) is 12.1 Å². The molecule has 1 aromatic carbocycles. The normalized spacial score (nSPS) is 11.8. The topological polar surface area (TPSA) is 65.0 Å². The molecule has 5 nitrogen and oxygen atoms in total. The Balaban J connectivity index is 3.13. The van der Waals surface area contributed by atoms with Crippen LogP contribution in [0.25, 0.3) is 0 Å². The van der Waals surface area contributed by atoms with E-state index in [-0.39, 0.29) is 6.42 Å². The van der Waals surface area contributed by atoms with E-state index in [0.717, 1.165) is 0 Å². The lowest BCUT2D eigenvalue weighted by molar-refractivity contribution is -0.136. The Morgan fingerprint density at radius 3 is 2.11 bits per heavy atom. The van der Waals surface area contributed by atoms with Gasteiger partial charge in [0.2, 0.25) is 0 Å². The summed E-state index contributed by atoms with van der Waals surface area (Å²) in [4.78, 5) is 10.8. The van der Waals surface area contributed by atoms with Crippen LogP contribution in [0, 0.1) is 0 Å². The average molecular weight is 272 g/mol. The van der Waals surface area contributed by atoms with E-state index in [2.05, 4.69) is 12.6 Å². The average Bonchev–Trinajstić information content (AvgIpc) is 2.37. The van der Waals surface area contributed by atoms with E-state index in [4.69, 9.17) is 19.3 Å². The first-order chi connectivity index (χ1) is 8.53. The summed E-state index contributed by atoms with van der Waals surface area (Å²) in [6, 6.07) is 3.36. The van der Waals surface area contributed by atoms with E-state index in [1.165, 1.54) is 21.3 Å². The fourth-order valence-corrected chi connectivity index (χ4v) is 1.74. The minimum Gasteiger partial charge on any atom is -0.496 e. The third kappa shape index (κ3) is 3.22. The predicted octanol–water partition coefficient (Wildman–Crippen LogP) is 1.64. The molecule has 1 atom stereocenters. The van der Waals surface area contributed by atoms with Crippen LogP contribution in [0.15, 0.2) is 12.1 Å². The number of aliphatic carboxylic acids is 1. The summed E-state index contributed by atoms with van der Waals surface area (Å²) < 4.78 is 15.5. The molecule has 0 aliphatic carbocycles. The van der Waals surface area contributed by atoms with Crippen LogP contribution >= 0.6 is 12.6 Å². The summed E-state index contributed by atoms with van der Waals surface area (Å²) in [6.07, 6.45) is 0.238. The Labute approximate surface area is 111 Å². The minimum atomic E-state index is -0.977. The summed E-state index contributed by atoms with van der Waals surface area (Å²) in [6.45, 7) is 0. The zero-order valence-electron chi connectivity index (χ0n) is 10.5. The van der Waals surface area contributed by atoms with Crippen molar-refractivity contribution < 1.29 is 24.1 Å². The van der Waals surface area contributed by atoms with Crippen LogP contribution in [0.5, 0.6) is 17.2 Å². The fourth-order valence-electron chi connectivity index (χ4n) is 1.55. The standard InChI is InChI=1S/C12H16O5S/c1-15-8-6-10(17-3)9(16-2)4-7(8)5-11(18)12(13)14/h4,6,11,18H,5H2,1-3H3,(H,13,14). The van der Waals surface area contributed by atoms with Gasteiger partial charge in [-0.2, -0.15) is 12.6 Å². The Morgan fingerprint density at radius 1 is 1.17 bits per heavy atom. The number of ether oxygens (including phenoxy) is 3. The highest BCUT2D eigenvalue weighted by Crippen LogP contribution is 2.35. The van der Waals surface area contributed by atoms with E-state index < -0.39 is 11.2 Å². The first-order valence-electron chi connectivity index (χ1n) is 5.23. The smallest absolute Gasteiger partial charge is 0.316 e. The number of thiol groups is 1. The second kappa shape index (κ2) is 6.39. The maximum atomic E-state index is 10.8. The lowest BCUT2D eigenvalue weighted by Gasteiger charge is -2.15. The van der Waals surface area contributed by atoms with Gasteiger partial charge >= 0.3 is 5.97 Å². The maximum Gasteiger partial charge on any atom is 0.316 e. The molecule has 0 saturated carbocycles. The lowest BCUT2D eigenvalue weighted by atomic mass is 10.1. The van der Waals surface area contributed by atoms with Crippen molar-refractivity contribution in [1.82, 2.24) is 0 Å². The number of carboxylic acids is 1. The van der Waals surface area contributed by atoms with Crippen molar-refractivity contribution >= 4 is 18.6 Å². The molecule has 18 heavy (non-hydrogen) atoms.